The molecule has 1 aromatic carbocycles. The van der Waals surface area contributed by atoms with Crippen LogP contribution in [0.1, 0.15) is 30.0 Å². The number of aliphatic hydroxyl groups is 1. The van der Waals surface area contributed by atoms with Crippen LogP contribution >= 0.6 is 0 Å². The summed E-state index contributed by atoms with van der Waals surface area (Å²) in [5, 5.41) is 19.5. The molecule has 134 valence electrons. The summed E-state index contributed by atoms with van der Waals surface area (Å²) in [6.07, 6.45) is 5.06. The quantitative estimate of drug-likeness (QED) is 0.748. The Kier molecular flexibility index (Phi) is 5.33. The van der Waals surface area contributed by atoms with Crippen LogP contribution in [0, 0.1) is 11.7 Å². The van der Waals surface area contributed by atoms with E-state index in [9.17, 15) is 14.3 Å². The minimum absolute atomic E-state index is 0.189. The highest BCUT2D eigenvalue weighted by Gasteiger charge is 2.36. The van der Waals surface area contributed by atoms with Crippen molar-refractivity contribution in [3.63, 3.8) is 0 Å². The van der Waals surface area contributed by atoms with Crippen molar-refractivity contribution < 1.29 is 14.3 Å². The number of aliphatic hydroxyl groups excluding tert-OH is 1. The molecule has 7 heteroatoms. The summed E-state index contributed by atoms with van der Waals surface area (Å²) in [4.78, 5) is 12.2. The molecule has 1 heterocycles. The fraction of sp³-hybridized carbons (Fsp3) is 0.444. The number of hydrogen-bond donors (Lipinski definition) is 3. The van der Waals surface area contributed by atoms with Crippen molar-refractivity contribution in [2.24, 2.45) is 13.0 Å². The van der Waals surface area contributed by atoms with E-state index in [1.807, 2.05) is 13.2 Å². The standard InChI is InChI=1S/C18H23FN4O2/c1-23-11-14(10-21-23)17(13-8-15(24)9-13)22-18(25)20-7-6-12-4-2-3-5-16(12)19/h2-5,10-11,13,15,17,24H,6-9H2,1H3,(H2,20,22,25). The van der Waals surface area contributed by atoms with Crippen molar-refractivity contribution in [1.82, 2.24) is 20.4 Å². The van der Waals surface area contributed by atoms with Gasteiger partial charge in [0.05, 0.1) is 18.3 Å². The molecule has 2 aromatic rings. The molecule has 1 atom stereocenters. The monoisotopic (exact) mass is 346 g/mol. The van der Waals surface area contributed by atoms with Gasteiger partial charge in [-0.25, -0.2) is 9.18 Å². The Morgan fingerprint density at radius 3 is 2.84 bits per heavy atom. The second-order valence-corrected chi connectivity index (χ2v) is 6.55. The Morgan fingerprint density at radius 2 is 2.20 bits per heavy atom. The van der Waals surface area contributed by atoms with Gasteiger partial charge in [-0.15, -0.1) is 0 Å². The largest absolute Gasteiger partial charge is 0.393 e. The molecule has 1 saturated carbocycles. The van der Waals surface area contributed by atoms with Gasteiger partial charge in [0.15, 0.2) is 0 Å². The summed E-state index contributed by atoms with van der Waals surface area (Å²) in [7, 11) is 1.82. The summed E-state index contributed by atoms with van der Waals surface area (Å²) in [5.41, 5.74) is 1.50. The van der Waals surface area contributed by atoms with Gasteiger partial charge in [-0.3, -0.25) is 4.68 Å². The molecule has 6 nitrogen and oxygen atoms in total. The number of benzene rings is 1. The first-order valence-electron chi connectivity index (χ1n) is 8.47. The average Bonchev–Trinajstić information content (AvgIpc) is 2.98. The maximum absolute atomic E-state index is 13.6. The second kappa shape index (κ2) is 7.65. The van der Waals surface area contributed by atoms with Crippen LogP contribution in [0.15, 0.2) is 36.7 Å². The summed E-state index contributed by atoms with van der Waals surface area (Å²) in [6, 6.07) is 6.06. The number of aromatic nitrogens is 2. The third-order valence-electron chi connectivity index (χ3n) is 4.63. The van der Waals surface area contributed by atoms with Gasteiger partial charge in [0.25, 0.3) is 0 Å². The number of amides is 2. The minimum atomic E-state index is -0.299. The number of carbonyl (C=O) groups is 1. The smallest absolute Gasteiger partial charge is 0.315 e. The first-order valence-corrected chi connectivity index (χ1v) is 8.47. The summed E-state index contributed by atoms with van der Waals surface area (Å²) in [5.74, 6) is -0.0714. The van der Waals surface area contributed by atoms with Crippen LogP contribution in [0.25, 0.3) is 0 Å². The first kappa shape index (κ1) is 17.4. The lowest BCUT2D eigenvalue weighted by Crippen LogP contribution is -2.45. The molecule has 25 heavy (non-hydrogen) atoms. The van der Waals surface area contributed by atoms with Crippen LogP contribution in [0.2, 0.25) is 0 Å². The van der Waals surface area contributed by atoms with E-state index >= 15 is 0 Å². The second-order valence-electron chi connectivity index (χ2n) is 6.55. The van der Waals surface area contributed by atoms with Crippen molar-refractivity contribution in [3.8, 4) is 0 Å². The Balaban J connectivity index is 1.54. The van der Waals surface area contributed by atoms with E-state index in [-0.39, 0.29) is 29.9 Å². The van der Waals surface area contributed by atoms with Crippen LogP contribution in [0.4, 0.5) is 9.18 Å². The lowest BCUT2D eigenvalue weighted by Gasteiger charge is -2.37. The molecule has 1 unspecified atom stereocenters. The van der Waals surface area contributed by atoms with Crippen LogP contribution < -0.4 is 10.6 Å². The lowest BCUT2D eigenvalue weighted by molar-refractivity contribution is 0.0259. The predicted octanol–water partition coefficient (Wildman–Crippen LogP) is 1.91. The molecule has 3 rings (SSSR count). The summed E-state index contributed by atoms with van der Waals surface area (Å²) >= 11 is 0. The molecular weight excluding hydrogens is 323 g/mol. The number of nitrogens with zero attached hydrogens (tertiary/aromatic N) is 2. The van der Waals surface area contributed by atoms with Gasteiger partial charge < -0.3 is 15.7 Å². The zero-order chi connectivity index (χ0) is 17.8. The average molecular weight is 346 g/mol. The predicted molar refractivity (Wildman–Crippen MR) is 91.3 cm³/mol. The summed E-state index contributed by atoms with van der Waals surface area (Å²) in [6.45, 7) is 0.347. The van der Waals surface area contributed by atoms with Gasteiger partial charge in [0, 0.05) is 25.4 Å². The third kappa shape index (κ3) is 4.36. The molecule has 1 aliphatic rings. The molecule has 0 radical (unpaired) electrons. The van der Waals surface area contributed by atoms with E-state index in [0.717, 1.165) is 5.56 Å². The van der Waals surface area contributed by atoms with Gasteiger partial charge in [-0.2, -0.15) is 5.10 Å². The Hall–Kier alpha value is -2.41. The maximum atomic E-state index is 13.6. The van der Waals surface area contributed by atoms with Gasteiger partial charge in [-0.05, 0) is 36.8 Å². The molecule has 0 saturated heterocycles. The highest BCUT2D eigenvalue weighted by atomic mass is 19.1. The van der Waals surface area contributed by atoms with Crippen LogP contribution in [0.3, 0.4) is 0 Å². The van der Waals surface area contributed by atoms with E-state index in [0.29, 0.717) is 31.4 Å². The number of urea groups is 1. The Bertz CT molecular complexity index is 727. The van der Waals surface area contributed by atoms with Gasteiger partial charge in [0.2, 0.25) is 0 Å². The van der Waals surface area contributed by atoms with E-state index in [1.54, 1.807) is 29.1 Å². The number of halogens is 1. The van der Waals surface area contributed by atoms with Gasteiger partial charge >= 0.3 is 6.03 Å². The normalized spacial score (nSPS) is 20.6. The topological polar surface area (TPSA) is 79.2 Å². The van der Waals surface area contributed by atoms with Gasteiger partial charge in [0.1, 0.15) is 5.82 Å². The zero-order valence-electron chi connectivity index (χ0n) is 14.2. The van der Waals surface area contributed by atoms with Crippen LogP contribution in [0.5, 0.6) is 0 Å². The zero-order valence-corrected chi connectivity index (χ0v) is 14.2. The van der Waals surface area contributed by atoms with E-state index < -0.39 is 0 Å². The molecule has 0 spiro atoms. The Labute approximate surface area is 146 Å². The summed E-state index contributed by atoms with van der Waals surface area (Å²) < 4.78 is 15.3. The molecule has 0 aliphatic heterocycles. The Morgan fingerprint density at radius 1 is 1.44 bits per heavy atom. The van der Waals surface area contributed by atoms with Crippen molar-refractivity contribution in [2.75, 3.05) is 6.54 Å². The van der Waals surface area contributed by atoms with E-state index in [4.69, 9.17) is 0 Å². The molecule has 1 aromatic heterocycles. The fourth-order valence-electron chi connectivity index (χ4n) is 3.18. The van der Waals surface area contributed by atoms with Gasteiger partial charge in [-0.1, -0.05) is 18.2 Å². The number of rotatable bonds is 6. The molecule has 2 amide bonds. The molecule has 0 bridgehead atoms. The van der Waals surface area contributed by atoms with Crippen molar-refractivity contribution in [2.45, 2.75) is 31.4 Å². The van der Waals surface area contributed by atoms with E-state index in [1.165, 1.54) is 6.07 Å². The molecule has 1 aliphatic carbocycles. The first-order chi connectivity index (χ1) is 12.0. The van der Waals surface area contributed by atoms with Crippen LogP contribution in [-0.2, 0) is 13.5 Å². The number of hydrogen-bond acceptors (Lipinski definition) is 3. The number of carbonyl (C=O) groups excluding carboxylic acids is 1. The highest BCUT2D eigenvalue weighted by molar-refractivity contribution is 5.74. The highest BCUT2D eigenvalue weighted by Crippen LogP contribution is 2.37. The molecule has 1 fully saturated rings. The van der Waals surface area contributed by atoms with Crippen molar-refractivity contribution in [1.29, 1.82) is 0 Å². The molecule has 3 N–H and O–H groups in total. The molecular formula is C18H23FN4O2. The van der Waals surface area contributed by atoms with E-state index in [2.05, 4.69) is 15.7 Å². The number of aryl methyl sites for hydroxylation is 1. The SMILES string of the molecule is Cn1cc(C(NC(=O)NCCc2ccccc2F)C2CC(O)C2)cn1. The lowest BCUT2D eigenvalue weighted by atomic mass is 9.75. The van der Waals surface area contributed by atoms with Crippen molar-refractivity contribution >= 4 is 6.03 Å². The third-order valence-corrected chi connectivity index (χ3v) is 4.63. The maximum Gasteiger partial charge on any atom is 0.315 e. The fourth-order valence-corrected chi connectivity index (χ4v) is 3.18. The minimum Gasteiger partial charge on any atom is -0.393 e. The number of nitrogens with one attached hydrogen (secondary N) is 2. The van der Waals surface area contributed by atoms with Crippen LogP contribution in [-0.4, -0.2) is 33.6 Å². The van der Waals surface area contributed by atoms with Crippen molar-refractivity contribution in [3.05, 3.63) is 53.6 Å².